The van der Waals surface area contributed by atoms with Gasteiger partial charge >= 0.3 is 11.9 Å². The summed E-state index contributed by atoms with van der Waals surface area (Å²) in [4.78, 5) is 49.6. The molecule has 3 rings (SSSR count). The zero-order chi connectivity index (χ0) is 23.8. The van der Waals surface area contributed by atoms with Crippen LogP contribution in [0.25, 0.3) is 0 Å². The third-order valence-electron chi connectivity index (χ3n) is 5.50. The van der Waals surface area contributed by atoms with Gasteiger partial charge in [0.1, 0.15) is 11.6 Å². The molecule has 172 valence electrons. The molecule has 0 aliphatic heterocycles. The highest BCUT2D eigenvalue weighted by atomic mass is 16.5. The van der Waals surface area contributed by atoms with E-state index in [0.29, 0.717) is 17.5 Å². The van der Waals surface area contributed by atoms with Gasteiger partial charge in [-0.05, 0) is 37.1 Å². The lowest BCUT2D eigenvalue weighted by atomic mass is 10.1. The molecule has 2 unspecified atom stereocenters. The molecule has 1 saturated carbocycles. The van der Waals surface area contributed by atoms with Crippen LogP contribution in [0.2, 0.25) is 0 Å². The van der Waals surface area contributed by atoms with Crippen molar-refractivity contribution in [2.45, 2.75) is 24.4 Å². The fourth-order valence-corrected chi connectivity index (χ4v) is 3.56. The summed E-state index contributed by atoms with van der Waals surface area (Å²) < 4.78 is 9.71. The monoisotopic (exact) mass is 450 g/mol. The quantitative estimate of drug-likeness (QED) is 0.448. The van der Waals surface area contributed by atoms with Crippen LogP contribution in [0.4, 0.5) is 0 Å². The van der Waals surface area contributed by atoms with E-state index in [0.717, 1.165) is 0 Å². The van der Waals surface area contributed by atoms with Crippen LogP contribution in [0.3, 0.4) is 0 Å². The summed E-state index contributed by atoms with van der Waals surface area (Å²) in [5, 5.41) is 5.44. The normalized spacial score (nSPS) is 19.9. The fourth-order valence-electron chi connectivity index (χ4n) is 3.56. The highest BCUT2D eigenvalue weighted by molar-refractivity contribution is 6.00. The first-order valence-electron chi connectivity index (χ1n) is 10.5. The summed E-state index contributed by atoms with van der Waals surface area (Å²) in [5.74, 6) is -2.20. The van der Waals surface area contributed by atoms with Crippen LogP contribution in [-0.2, 0) is 19.1 Å². The standard InChI is InChI=1S/C25H26N2O6/c1-32-23(30)20(26-21(28)17-10-5-3-6-11-17)15-9-14-19-16-25(19,24(31)33-2)27-22(29)18-12-7-4-8-13-18/h3-14,19-20H,15-16H2,1-2H3,(H,26,28)(H,27,29)/b14-9+/t19?,20-,25?/m0/s1. The second kappa shape index (κ2) is 10.6. The maximum atomic E-state index is 12.6. The molecule has 2 N–H and O–H groups in total. The van der Waals surface area contributed by atoms with Crippen molar-refractivity contribution in [2.24, 2.45) is 5.92 Å². The number of nitrogens with one attached hydrogen (secondary N) is 2. The van der Waals surface area contributed by atoms with Gasteiger partial charge in [0, 0.05) is 17.0 Å². The van der Waals surface area contributed by atoms with Crippen molar-refractivity contribution >= 4 is 23.8 Å². The number of rotatable bonds is 9. The molecule has 33 heavy (non-hydrogen) atoms. The minimum absolute atomic E-state index is 0.158. The molecule has 2 amide bonds. The van der Waals surface area contributed by atoms with Crippen LogP contribution < -0.4 is 10.6 Å². The van der Waals surface area contributed by atoms with E-state index in [1.54, 1.807) is 72.8 Å². The zero-order valence-corrected chi connectivity index (χ0v) is 18.4. The van der Waals surface area contributed by atoms with Gasteiger partial charge in [0.25, 0.3) is 11.8 Å². The van der Waals surface area contributed by atoms with E-state index < -0.39 is 29.4 Å². The Bertz CT molecular complexity index is 1040. The van der Waals surface area contributed by atoms with Crippen molar-refractivity contribution in [1.82, 2.24) is 10.6 Å². The number of esters is 2. The second-order valence-corrected chi connectivity index (χ2v) is 7.67. The topological polar surface area (TPSA) is 111 Å². The van der Waals surface area contributed by atoms with Gasteiger partial charge in [-0.1, -0.05) is 48.6 Å². The van der Waals surface area contributed by atoms with E-state index in [2.05, 4.69) is 10.6 Å². The summed E-state index contributed by atoms with van der Waals surface area (Å²) in [6.07, 6.45) is 3.96. The van der Waals surface area contributed by atoms with Crippen molar-refractivity contribution in [3.63, 3.8) is 0 Å². The predicted molar refractivity (Wildman–Crippen MR) is 120 cm³/mol. The number of methoxy groups -OCH3 is 2. The van der Waals surface area contributed by atoms with E-state index in [9.17, 15) is 19.2 Å². The fraction of sp³-hybridized carbons (Fsp3) is 0.280. The van der Waals surface area contributed by atoms with E-state index in [1.807, 2.05) is 0 Å². The van der Waals surface area contributed by atoms with Crippen LogP contribution >= 0.6 is 0 Å². The van der Waals surface area contributed by atoms with Crippen molar-refractivity contribution < 1.29 is 28.7 Å². The van der Waals surface area contributed by atoms with Gasteiger partial charge in [0.05, 0.1) is 14.2 Å². The number of hydrogen-bond donors (Lipinski definition) is 2. The summed E-state index contributed by atoms with van der Waals surface area (Å²) in [6.45, 7) is 0. The lowest BCUT2D eigenvalue weighted by Gasteiger charge is -2.17. The minimum Gasteiger partial charge on any atom is -0.467 e. The average molecular weight is 450 g/mol. The Hall–Kier alpha value is -3.94. The van der Waals surface area contributed by atoms with E-state index in [4.69, 9.17) is 9.47 Å². The highest BCUT2D eigenvalue weighted by Gasteiger charge is 2.61. The molecule has 1 aliphatic rings. The first kappa shape index (κ1) is 23.7. The molecule has 8 nitrogen and oxygen atoms in total. The first-order valence-corrected chi connectivity index (χ1v) is 10.5. The molecule has 0 radical (unpaired) electrons. The van der Waals surface area contributed by atoms with Crippen LogP contribution in [-0.4, -0.2) is 49.6 Å². The Morgan fingerprint density at radius 2 is 1.52 bits per heavy atom. The SMILES string of the molecule is COC(=O)[C@H](C/C=C/C1CC1(NC(=O)c1ccccc1)C(=O)OC)NC(=O)c1ccccc1. The summed E-state index contributed by atoms with van der Waals surface area (Å²) in [7, 11) is 2.51. The van der Waals surface area contributed by atoms with E-state index in [1.165, 1.54) is 14.2 Å². The largest absolute Gasteiger partial charge is 0.467 e. The van der Waals surface area contributed by atoms with Gasteiger partial charge in [-0.25, -0.2) is 9.59 Å². The Labute approximate surface area is 192 Å². The van der Waals surface area contributed by atoms with Gasteiger partial charge in [-0.3, -0.25) is 9.59 Å². The summed E-state index contributed by atoms with van der Waals surface area (Å²) in [6, 6.07) is 16.2. The Morgan fingerprint density at radius 1 is 0.939 bits per heavy atom. The molecule has 3 atom stereocenters. The predicted octanol–water partition coefficient (Wildman–Crippen LogP) is 2.27. The molecule has 2 aromatic carbocycles. The molecule has 0 heterocycles. The van der Waals surface area contributed by atoms with Crippen molar-refractivity contribution in [3.05, 3.63) is 83.9 Å². The summed E-state index contributed by atoms with van der Waals surface area (Å²) >= 11 is 0. The van der Waals surface area contributed by atoms with Gasteiger partial charge in [0.2, 0.25) is 0 Å². The zero-order valence-electron chi connectivity index (χ0n) is 18.4. The van der Waals surface area contributed by atoms with Gasteiger partial charge < -0.3 is 20.1 Å². The molecule has 0 bridgehead atoms. The number of ether oxygens (including phenoxy) is 2. The van der Waals surface area contributed by atoms with Crippen LogP contribution in [0, 0.1) is 5.92 Å². The first-order chi connectivity index (χ1) is 15.9. The summed E-state index contributed by atoms with van der Waals surface area (Å²) in [5.41, 5.74) is -0.303. The molecule has 0 aromatic heterocycles. The number of carbonyl (C=O) groups excluding carboxylic acids is 4. The second-order valence-electron chi connectivity index (χ2n) is 7.67. The molecule has 0 spiro atoms. The lowest BCUT2D eigenvalue weighted by molar-refractivity contribution is -0.144. The Morgan fingerprint density at radius 3 is 2.06 bits per heavy atom. The smallest absolute Gasteiger partial charge is 0.332 e. The number of amides is 2. The van der Waals surface area contributed by atoms with Crippen molar-refractivity contribution in [2.75, 3.05) is 14.2 Å². The van der Waals surface area contributed by atoms with Crippen LogP contribution in [0.5, 0.6) is 0 Å². The Kier molecular flexibility index (Phi) is 7.61. The highest BCUT2D eigenvalue weighted by Crippen LogP contribution is 2.46. The molecular weight excluding hydrogens is 424 g/mol. The Balaban J connectivity index is 1.66. The number of carbonyl (C=O) groups is 4. The molecule has 2 aromatic rings. The molecule has 1 aliphatic carbocycles. The molecule has 1 fully saturated rings. The molecule has 0 saturated heterocycles. The maximum Gasteiger partial charge on any atom is 0.332 e. The van der Waals surface area contributed by atoms with Gasteiger partial charge in [-0.15, -0.1) is 0 Å². The lowest BCUT2D eigenvalue weighted by Crippen LogP contribution is -2.45. The van der Waals surface area contributed by atoms with Gasteiger partial charge in [0.15, 0.2) is 0 Å². The van der Waals surface area contributed by atoms with Crippen LogP contribution in [0.1, 0.15) is 33.6 Å². The maximum absolute atomic E-state index is 12.6. The van der Waals surface area contributed by atoms with Crippen molar-refractivity contribution in [1.29, 1.82) is 0 Å². The van der Waals surface area contributed by atoms with E-state index in [-0.39, 0.29) is 18.2 Å². The average Bonchev–Trinajstić information content (AvgIpc) is 3.56. The van der Waals surface area contributed by atoms with Gasteiger partial charge in [-0.2, -0.15) is 0 Å². The molecular formula is C25H26N2O6. The van der Waals surface area contributed by atoms with E-state index >= 15 is 0 Å². The third kappa shape index (κ3) is 5.65. The number of hydrogen-bond acceptors (Lipinski definition) is 6. The van der Waals surface area contributed by atoms with Crippen LogP contribution in [0.15, 0.2) is 72.8 Å². The number of benzene rings is 2. The third-order valence-corrected chi connectivity index (χ3v) is 5.50. The minimum atomic E-state index is -1.16. The van der Waals surface area contributed by atoms with Crippen molar-refractivity contribution in [3.8, 4) is 0 Å². The molecule has 8 heteroatoms.